The smallest absolute Gasteiger partial charge is 0.309 e. The Balaban J connectivity index is 2.63. The first kappa shape index (κ1) is 18.2. The number of carboxylic acid groups (broad SMARTS) is 1. The molecule has 0 saturated heterocycles. The van der Waals surface area contributed by atoms with E-state index in [0.29, 0.717) is 12.8 Å². The molecule has 0 aromatic heterocycles. The molecule has 0 radical (unpaired) electrons. The molecule has 0 bridgehead atoms. The summed E-state index contributed by atoms with van der Waals surface area (Å²) in [5.41, 5.74) is -3.05. The second kappa shape index (κ2) is 5.45. The minimum atomic E-state index is -1.63. The third-order valence-corrected chi connectivity index (χ3v) is 6.08. The van der Waals surface area contributed by atoms with Gasteiger partial charge < -0.3 is 20.1 Å². The van der Waals surface area contributed by atoms with Crippen LogP contribution in [0.25, 0.3) is 0 Å². The molecule has 0 spiro atoms. The lowest BCUT2D eigenvalue weighted by Crippen LogP contribution is -2.65. The van der Waals surface area contributed by atoms with Crippen LogP contribution < -0.4 is 0 Å². The number of hydrogen-bond acceptors (Lipinski definition) is 5. The number of aliphatic hydroxyl groups excluding tert-OH is 1. The van der Waals surface area contributed by atoms with Gasteiger partial charge in [0.05, 0.1) is 18.1 Å². The van der Waals surface area contributed by atoms with Crippen LogP contribution in [-0.4, -0.2) is 45.6 Å². The summed E-state index contributed by atoms with van der Waals surface area (Å²) < 4.78 is 5.47. The molecular weight excluding hydrogens is 300 g/mol. The van der Waals surface area contributed by atoms with Gasteiger partial charge in [-0.25, -0.2) is 0 Å². The Hall–Kier alpha value is -1.14. The summed E-state index contributed by atoms with van der Waals surface area (Å²) in [5.74, 6) is -3.40. The van der Waals surface area contributed by atoms with Gasteiger partial charge in [0.25, 0.3) is 0 Å². The minimum Gasteiger partial charge on any atom is -0.481 e. The summed E-state index contributed by atoms with van der Waals surface area (Å²) in [7, 11) is 0. The number of fused-ring (bicyclic) bond motifs is 1. The molecule has 23 heavy (non-hydrogen) atoms. The highest BCUT2D eigenvalue weighted by Gasteiger charge is 2.73. The van der Waals surface area contributed by atoms with E-state index in [1.54, 1.807) is 13.8 Å². The minimum absolute atomic E-state index is 0.313. The summed E-state index contributed by atoms with van der Waals surface area (Å²) in [4.78, 5) is 23.4. The van der Waals surface area contributed by atoms with Gasteiger partial charge in [0, 0.05) is 18.3 Å². The highest BCUT2D eigenvalue weighted by atomic mass is 16.5. The van der Waals surface area contributed by atoms with E-state index in [1.807, 2.05) is 13.8 Å². The van der Waals surface area contributed by atoms with Crippen LogP contribution in [0.3, 0.4) is 0 Å². The van der Waals surface area contributed by atoms with Crippen LogP contribution in [0.4, 0.5) is 0 Å². The molecule has 0 aliphatic heterocycles. The van der Waals surface area contributed by atoms with E-state index in [9.17, 15) is 24.9 Å². The molecule has 0 heterocycles. The van der Waals surface area contributed by atoms with Crippen LogP contribution >= 0.6 is 0 Å². The highest BCUT2D eigenvalue weighted by Crippen LogP contribution is 2.66. The topological polar surface area (TPSA) is 104 Å². The molecule has 2 aliphatic carbocycles. The standard InChI is InChI=1S/C17H28O6/c1-9-6-11(23-10(2)19)13-15(3,4)7-16(5,8-18)17(13,22)12(9)14(20)21/h9,11-13,18,22H,6-8H2,1-5H3,(H,20,21)/t9-,11+,12-,13+,16-,17+/m1/s1. The average molecular weight is 328 g/mol. The van der Waals surface area contributed by atoms with Crippen molar-refractivity contribution in [1.82, 2.24) is 0 Å². The van der Waals surface area contributed by atoms with Crippen molar-refractivity contribution in [2.24, 2.45) is 28.6 Å². The van der Waals surface area contributed by atoms with Gasteiger partial charge in [0.2, 0.25) is 0 Å². The number of ether oxygens (including phenoxy) is 1. The zero-order chi connectivity index (χ0) is 17.8. The molecule has 0 amide bonds. The average Bonchev–Trinajstić information content (AvgIpc) is 2.51. The number of carbonyl (C=O) groups excluding carboxylic acids is 1. The van der Waals surface area contributed by atoms with Gasteiger partial charge in [-0.3, -0.25) is 9.59 Å². The molecule has 0 aromatic rings. The molecule has 3 N–H and O–H groups in total. The molecule has 132 valence electrons. The number of carboxylic acids is 1. The largest absolute Gasteiger partial charge is 0.481 e. The summed E-state index contributed by atoms with van der Waals surface area (Å²) in [6.45, 7) is 8.37. The van der Waals surface area contributed by atoms with Crippen molar-refractivity contribution in [3.05, 3.63) is 0 Å². The van der Waals surface area contributed by atoms with Crippen molar-refractivity contribution in [2.75, 3.05) is 6.61 Å². The fraction of sp³-hybridized carbons (Fsp3) is 0.882. The van der Waals surface area contributed by atoms with Crippen LogP contribution in [0.1, 0.15) is 47.5 Å². The normalized spacial score (nSPS) is 45.3. The van der Waals surface area contributed by atoms with Crippen LogP contribution in [-0.2, 0) is 14.3 Å². The van der Waals surface area contributed by atoms with Crippen molar-refractivity contribution in [3.8, 4) is 0 Å². The van der Waals surface area contributed by atoms with Gasteiger partial charge in [0.15, 0.2) is 0 Å². The predicted octanol–water partition coefficient (Wildman–Crippen LogP) is 1.43. The van der Waals surface area contributed by atoms with Gasteiger partial charge in [-0.2, -0.15) is 0 Å². The molecule has 6 heteroatoms. The summed E-state index contributed by atoms with van der Waals surface area (Å²) in [5, 5.41) is 31.3. The molecule has 2 rings (SSSR count). The lowest BCUT2D eigenvalue weighted by Gasteiger charge is -2.54. The van der Waals surface area contributed by atoms with E-state index >= 15 is 0 Å². The molecule has 0 aromatic carbocycles. The Morgan fingerprint density at radius 1 is 1.26 bits per heavy atom. The number of aliphatic carboxylic acids is 1. The van der Waals surface area contributed by atoms with Gasteiger partial charge in [-0.05, 0) is 24.2 Å². The van der Waals surface area contributed by atoms with Crippen molar-refractivity contribution in [3.63, 3.8) is 0 Å². The Kier molecular flexibility index (Phi) is 4.31. The first-order valence-corrected chi connectivity index (χ1v) is 8.14. The van der Waals surface area contributed by atoms with Crippen molar-refractivity contribution in [1.29, 1.82) is 0 Å². The lowest BCUT2D eigenvalue weighted by atomic mass is 9.55. The van der Waals surface area contributed by atoms with Gasteiger partial charge >= 0.3 is 11.9 Å². The van der Waals surface area contributed by atoms with Crippen LogP contribution in [0.5, 0.6) is 0 Å². The van der Waals surface area contributed by atoms with Crippen LogP contribution in [0.15, 0.2) is 0 Å². The van der Waals surface area contributed by atoms with E-state index in [2.05, 4.69) is 0 Å². The molecule has 6 nitrogen and oxygen atoms in total. The zero-order valence-electron chi connectivity index (χ0n) is 14.5. The Bertz CT molecular complexity index is 515. The predicted molar refractivity (Wildman–Crippen MR) is 82.5 cm³/mol. The Labute approximate surface area is 136 Å². The molecule has 2 saturated carbocycles. The summed E-state index contributed by atoms with van der Waals surface area (Å²) in [6, 6.07) is 0. The fourth-order valence-electron chi connectivity index (χ4n) is 5.60. The van der Waals surface area contributed by atoms with E-state index in [-0.39, 0.29) is 12.5 Å². The Morgan fingerprint density at radius 3 is 2.26 bits per heavy atom. The van der Waals surface area contributed by atoms with Crippen molar-refractivity contribution in [2.45, 2.75) is 59.2 Å². The maximum atomic E-state index is 11.9. The van der Waals surface area contributed by atoms with Gasteiger partial charge in [-0.1, -0.05) is 27.7 Å². The van der Waals surface area contributed by atoms with E-state index in [0.717, 1.165) is 0 Å². The van der Waals surface area contributed by atoms with E-state index in [4.69, 9.17) is 4.74 Å². The van der Waals surface area contributed by atoms with E-state index < -0.39 is 46.3 Å². The van der Waals surface area contributed by atoms with Crippen molar-refractivity contribution >= 4 is 11.9 Å². The first-order valence-electron chi connectivity index (χ1n) is 8.14. The third-order valence-electron chi connectivity index (χ3n) is 6.08. The molecule has 6 atom stereocenters. The first-order chi connectivity index (χ1) is 10.4. The second-order valence-corrected chi connectivity index (χ2v) is 8.36. The van der Waals surface area contributed by atoms with Crippen molar-refractivity contribution < 1.29 is 29.6 Å². The molecule has 2 aliphatic rings. The third kappa shape index (κ3) is 2.47. The number of carbonyl (C=O) groups is 2. The van der Waals surface area contributed by atoms with E-state index in [1.165, 1.54) is 6.92 Å². The zero-order valence-corrected chi connectivity index (χ0v) is 14.5. The lowest BCUT2D eigenvalue weighted by molar-refractivity contribution is -0.223. The number of rotatable bonds is 3. The highest BCUT2D eigenvalue weighted by molar-refractivity contribution is 5.73. The SMILES string of the molecule is CC(=O)O[C@H]1C[C@@H](C)[C@H](C(=O)O)[C@]2(O)[C@@H]1C(C)(C)C[C@]2(C)CO. The molecule has 2 fully saturated rings. The number of aliphatic hydroxyl groups is 2. The fourth-order valence-corrected chi connectivity index (χ4v) is 5.60. The summed E-state index contributed by atoms with van der Waals surface area (Å²) >= 11 is 0. The monoisotopic (exact) mass is 328 g/mol. The molecular formula is C17H28O6. The van der Waals surface area contributed by atoms with Gasteiger partial charge in [-0.15, -0.1) is 0 Å². The van der Waals surface area contributed by atoms with Gasteiger partial charge in [0.1, 0.15) is 6.10 Å². The summed E-state index contributed by atoms with van der Waals surface area (Å²) in [6.07, 6.45) is 0.312. The quantitative estimate of drug-likeness (QED) is 0.677. The molecule has 0 unspecified atom stereocenters. The van der Waals surface area contributed by atoms with Crippen LogP contribution in [0, 0.1) is 28.6 Å². The van der Waals surface area contributed by atoms with Crippen LogP contribution in [0.2, 0.25) is 0 Å². The number of hydrogen-bond donors (Lipinski definition) is 3. The maximum absolute atomic E-state index is 11.9. The number of esters is 1. The maximum Gasteiger partial charge on any atom is 0.309 e. The Morgan fingerprint density at radius 2 is 1.83 bits per heavy atom. The second-order valence-electron chi connectivity index (χ2n) is 8.36.